The minimum Gasteiger partial charge on any atom is -0.494 e. The lowest BCUT2D eigenvalue weighted by Gasteiger charge is -2.23. The molecule has 0 radical (unpaired) electrons. The zero-order valence-corrected chi connectivity index (χ0v) is 10.0. The molecule has 1 aromatic carbocycles. The van der Waals surface area contributed by atoms with Gasteiger partial charge in [0.2, 0.25) is 0 Å². The van der Waals surface area contributed by atoms with Crippen LogP contribution >= 0.6 is 0 Å². The molecule has 16 heavy (non-hydrogen) atoms. The molecule has 0 heterocycles. The Labute approximate surface area is 96.0 Å². The fourth-order valence-electron chi connectivity index (χ4n) is 1.54. The van der Waals surface area contributed by atoms with Crippen LogP contribution in [0.2, 0.25) is 0 Å². The summed E-state index contributed by atoms with van der Waals surface area (Å²) in [5.74, 6) is 0.312. The smallest absolute Gasteiger partial charge is 0.167 e. The van der Waals surface area contributed by atoms with E-state index in [1.54, 1.807) is 6.07 Å². The lowest BCUT2D eigenvalue weighted by atomic mass is 10.1. The normalized spacial score (nSPS) is 12.3. The fraction of sp³-hybridized carbons (Fsp3) is 0.500. The number of anilines is 1. The Kier molecular flexibility index (Phi) is 4.55. The maximum atomic E-state index is 13.5. The molecule has 0 aliphatic heterocycles. The minimum atomic E-state index is -0.341. The highest BCUT2D eigenvalue weighted by atomic mass is 19.1. The molecule has 2 N–H and O–H groups in total. The number of rotatable bonds is 5. The summed E-state index contributed by atoms with van der Waals surface area (Å²) in [4.78, 5) is 1.99. The van der Waals surface area contributed by atoms with Gasteiger partial charge in [-0.25, -0.2) is 4.39 Å². The van der Waals surface area contributed by atoms with E-state index in [1.807, 2.05) is 18.0 Å². The highest BCUT2D eigenvalue weighted by Crippen LogP contribution is 2.23. The first-order chi connectivity index (χ1) is 7.58. The summed E-state index contributed by atoms with van der Waals surface area (Å²) in [5, 5.41) is 0. The molecule has 0 aromatic heterocycles. The molecular weight excluding hydrogens is 207 g/mol. The molecule has 4 heteroatoms. The fourth-order valence-corrected chi connectivity index (χ4v) is 1.54. The predicted octanol–water partition coefficient (Wildman–Crippen LogP) is 1.87. The Hall–Kier alpha value is -1.29. The van der Waals surface area contributed by atoms with Crippen LogP contribution in [0.3, 0.4) is 0 Å². The lowest BCUT2D eigenvalue weighted by Crippen LogP contribution is -2.28. The third-order valence-corrected chi connectivity index (χ3v) is 2.56. The van der Waals surface area contributed by atoms with E-state index in [4.69, 9.17) is 10.5 Å². The second kappa shape index (κ2) is 5.70. The van der Waals surface area contributed by atoms with Crippen molar-refractivity contribution in [1.29, 1.82) is 0 Å². The van der Waals surface area contributed by atoms with Crippen molar-refractivity contribution < 1.29 is 9.13 Å². The van der Waals surface area contributed by atoms with Crippen molar-refractivity contribution in [2.75, 3.05) is 32.1 Å². The Morgan fingerprint density at radius 1 is 1.50 bits per heavy atom. The second-order valence-electron chi connectivity index (χ2n) is 4.04. The Balaban J connectivity index is 2.76. The van der Waals surface area contributed by atoms with Gasteiger partial charge in [0.25, 0.3) is 0 Å². The first kappa shape index (κ1) is 12.8. The average molecular weight is 226 g/mol. The summed E-state index contributed by atoms with van der Waals surface area (Å²) < 4.78 is 18.3. The molecule has 1 rings (SSSR count). The molecule has 0 spiro atoms. The topological polar surface area (TPSA) is 38.5 Å². The van der Waals surface area contributed by atoms with E-state index < -0.39 is 0 Å². The summed E-state index contributed by atoms with van der Waals surface area (Å²) >= 11 is 0. The molecule has 90 valence electrons. The van der Waals surface area contributed by atoms with Gasteiger partial charge in [-0.3, -0.25) is 0 Å². The standard InChI is InChI=1S/C12H19FN2O/c1-9(7-14)8-15(2)10-4-5-12(16-3)11(13)6-10/h4-6,9H,7-8,14H2,1-3H3. The largest absolute Gasteiger partial charge is 0.494 e. The van der Waals surface area contributed by atoms with Gasteiger partial charge in [-0.15, -0.1) is 0 Å². The van der Waals surface area contributed by atoms with Gasteiger partial charge in [0.1, 0.15) is 0 Å². The van der Waals surface area contributed by atoms with Gasteiger partial charge in [-0.1, -0.05) is 6.92 Å². The van der Waals surface area contributed by atoms with Crippen molar-refractivity contribution in [3.8, 4) is 5.75 Å². The van der Waals surface area contributed by atoms with Crippen LogP contribution in [0.15, 0.2) is 18.2 Å². The van der Waals surface area contributed by atoms with E-state index in [-0.39, 0.29) is 11.6 Å². The van der Waals surface area contributed by atoms with Crippen LogP contribution in [-0.2, 0) is 0 Å². The third-order valence-electron chi connectivity index (χ3n) is 2.56. The van der Waals surface area contributed by atoms with E-state index >= 15 is 0 Å². The van der Waals surface area contributed by atoms with Gasteiger partial charge in [-0.2, -0.15) is 0 Å². The number of nitrogens with two attached hydrogens (primary N) is 1. The van der Waals surface area contributed by atoms with Crippen LogP contribution in [0, 0.1) is 11.7 Å². The van der Waals surface area contributed by atoms with Gasteiger partial charge in [0.15, 0.2) is 11.6 Å². The van der Waals surface area contributed by atoms with Crippen molar-refractivity contribution in [2.24, 2.45) is 11.7 Å². The van der Waals surface area contributed by atoms with Gasteiger partial charge < -0.3 is 15.4 Å². The first-order valence-electron chi connectivity index (χ1n) is 5.33. The zero-order valence-electron chi connectivity index (χ0n) is 10.0. The maximum Gasteiger partial charge on any atom is 0.167 e. The summed E-state index contributed by atoms with van der Waals surface area (Å²) in [5.41, 5.74) is 6.39. The van der Waals surface area contributed by atoms with E-state index in [2.05, 4.69) is 6.92 Å². The molecule has 0 saturated heterocycles. The molecule has 1 unspecified atom stereocenters. The Morgan fingerprint density at radius 2 is 2.19 bits per heavy atom. The van der Waals surface area contributed by atoms with E-state index in [0.29, 0.717) is 12.5 Å². The lowest BCUT2D eigenvalue weighted by molar-refractivity contribution is 0.386. The van der Waals surface area contributed by atoms with Crippen molar-refractivity contribution in [2.45, 2.75) is 6.92 Å². The van der Waals surface area contributed by atoms with Gasteiger partial charge >= 0.3 is 0 Å². The highest BCUT2D eigenvalue weighted by Gasteiger charge is 2.09. The number of nitrogens with zero attached hydrogens (tertiary/aromatic N) is 1. The number of halogens is 1. The number of hydrogen-bond donors (Lipinski definition) is 1. The Bertz CT molecular complexity index is 344. The van der Waals surface area contributed by atoms with Crippen LogP contribution in [0.4, 0.5) is 10.1 Å². The van der Waals surface area contributed by atoms with E-state index in [9.17, 15) is 4.39 Å². The molecule has 0 saturated carbocycles. The van der Waals surface area contributed by atoms with Crippen LogP contribution in [0.1, 0.15) is 6.92 Å². The van der Waals surface area contributed by atoms with Crippen LogP contribution < -0.4 is 15.4 Å². The molecule has 0 fully saturated rings. The quantitative estimate of drug-likeness (QED) is 0.833. The summed E-state index contributed by atoms with van der Waals surface area (Å²) in [6, 6.07) is 4.95. The van der Waals surface area contributed by atoms with Crippen molar-refractivity contribution >= 4 is 5.69 Å². The van der Waals surface area contributed by atoms with E-state index in [1.165, 1.54) is 13.2 Å². The number of methoxy groups -OCH3 is 1. The molecule has 0 aliphatic carbocycles. The summed E-state index contributed by atoms with van der Waals surface area (Å²) in [6.45, 7) is 3.50. The molecule has 1 aromatic rings. The maximum absolute atomic E-state index is 13.5. The SMILES string of the molecule is COc1ccc(N(C)CC(C)CN)cc1F. The zero-order chi connectivity index (χ0) is 12.1. The predicted molar refractivity (Wildman–Crippen MR) is 64.4 cm³/mol. The number of benzene rings is 1. The monoisotopic (exact) mass is 226 g/mol. The molecule has 0 aliphatic rings. The van der Waals surface area contributed by atoms with Crippen molar-refractivity contribution in [1.82, 2.24) is 0 Å². The van der Waals surface area contributed by atoms with Gasteiger partial charge in [-0.05, 0) is 24.6 Å². The summed E-state index contributed by atoms with van der Waals surface area (Å²) in [7, 11) is 3.38. The third kappa shape index (κ3) is 3.10. The van der Waals surface area contributed by atoms with Gasteiger partial charge in [0, 0.05) is 25.3 Å². The second-order valence-corrected chi connectivity index (χ2v) is 4.04. The summed E-state index contributed by atoms with van der Waals surface area (Å²) in [6.07, 6.45) is 0. The molecular formula is C12H19FN2O. The van der Waals surface area contributed by atoms with Crippen LogP contribution in [0.5, 0.6) is 5.75 Å². The highest BCUT2D eigenvalue weighted by molar-refractivity contribution is 5.49. The first-order valence-corrected chi connectivity index (χ1v) is 5.33. The molecule has 0 bridgehead atoms. The van der Waals surface area contributed by atoms with Gasteiger partial charge in [0.05, 0.1) is 7.11 Å². The van der Waals surface area contributed by atoms with Crippen LogP contribution in [0.25, 0.3) is 0 Å². The molecule has 1 atom stereocenters. The number of hydrogen-bond acceptors (Lipinski definition) is 3. The molecule has 3 nitrogen and oxygen atoms in total. The van der Waals surface area contributed by atoms with Crippen LogP contribution in [-0.4, -0.2) is 27.2 Å². The molecule has 0 amide bonds. The minimum absolute atomic E-state index is 0.268. The van der Waals surface area contributed by atoms with Crippen molar-refractivity contribution in [3.05, 3.63) is 24.0 Å². The number of ether oxygens (including phenoxy) is 1. The van der Waals surface area contributed by atoms with Crippen molar-refractivity contribution in [3.63, 3.8) is 0 Å². The Morgan fingerprint density at radius 3 is 2.69 bits per heavy atom. The average Bonchev–Trinajstić information content (AvgIpc) is 2.28. The van der Waals surface area contributed by atoms with E-state index in [0.717, 1.165) is 12.2 Å².